The van der Waals surface area contributed by atoms with Gasteiger partial charge in [0.1, 0.15) is 22.9 Å². The predicted molar refractivity (Wildman–Crippen MR) is 107 cm³/mol. The number of ether oxygens (including phenoxy) is 2. The topological polar surface area (TPSA) is 77.3 Å². The first-order valence-electron chi connectivity index (χ1n) is 10.3. The monoisotopic (exact) mass is 500 g/mol. The van der Waals surface area contributed by atoms with E-state index in [1.165, 1.54) is 0 Å². The van der Waals surface area contributed by atoms with E-state index in [2.05, 4.69) is 10.2 Å². The van der Waals surface area contributed by atoms with Crippen LogP contribution in [0, 0.1) is 11.8 Å². The van der Waals surface area contributed by atoms with Crippen LogP contribution in [0.25, 0.3) is 0 Å². The van der Waals surface area contributed by atoms with E-state index in [0.717, 1.165) is 62.8 Å². The molecule has 186 valence electrons. The number of halogens is 6. The molecule has 2 aliphatic rings. The van der Waals surface area contributed by atoms with E-state index in [4.69, 9.17) is 9.47 Å². The van der Waals surface area contributed by atoms with Gasteiger partial charge in [-0.15, -0.1) is 0 Å². The summed E-state index contributed by atoms with van der Waals surface area (Å²) in [7, 11) is 2.24. The molecule has 1 saturated carbocycles. The van der Waals surface area contributed by atoms with Crippen LogP contribution < -0.4 is 0 Å². The summed E-state index contributed by atoms with van der Waals surface area (Å²) >= 11 is 0. The summed E-state index contributed by atoms with van der Waals surface area (Å²) in [6, 6.07) is 7.91. The smallest absolute Gasteiger partial charge is 0.416 e. The van der Waals surface area contributed by atoms with Gasteiger partial charge in [0.05, 0.1) is 25.3 Å². The maximum Gasteiger partial charge on any atom is 0.416 e. The molecule has 1 heterocycles. The SMILES string of the molecule is COC(=O)C1C(C(=O)OC)C12CC(c1ccc(C(F)(F)F)cc1)(c1ccc(C(F)(F)F)cc1)N=N2. The largest absolute Gasteiger partial charge is 0.469 e. The molecule has 2 unspecified atom stereocenters. The number of methoxy groups -OCH3 is 2. The Hall–Kier alpha value is -3.44. The average Bonchev–Trinajstić information content (AvgIpc) is 3.28. The van der Waals surface area contributed by atoms with E-state index in [0.29, 0.717) is 0 Å². The Labute approximate surface area is 194 Å². The van der Waals surface area contributed by atoms with Gasteiger partial charge in [0, 0.05) is 6.42 Å². The standard InChI is InChI=1S/C23H18F6N2O4/c1-34-18(32)16-17(19(33)35-2)21(16)11-20(30-31-21,12-3-7-14(8-4-12)22(24,25)26)13-5-9-15(10-6-13)23(27,28)29/h3-10,16-17H,11H2,1-2H3. The van der Waals surface area contributed by atoms with Gasteiger partial charge >= 0.3 is 24.3 Å². The van der Waals surface area contributed by atoms with Gasteiger partial charge in [-0.2, -0.15) is 36.6 Å². The summed E-state index contributed by atoms with van der Waals surface area (Å²) in [5, 5.41) is 8.50. The Bertz CT molecular complexity index is 1090. The molecule has 0 amide bonds. The summed E-state index contributed by atoms with van der Waals surface area (Å²) in [5.41, 5.74) is -4.43. The third-order valence-corrected chi connectivity index (χ3v) is 6.54. The number of carbonyl (C=O) groups excluding carboxylic acids is 2. The number of nitrogens with zero attached hydrogens (tertiary/aromatic N) is 2. The van der Waals surface area contributed by atoms with Gasteiger partial charge in [0.25, 0.3) is 0 Å². The number of alkyl halides is 6. The van der Waals surface area contributed by atoms with Crippen LogP contribution in [0.5, 0.6) is 0 Å². The molecule has 35 heavy (non-hydrogen) atoms. The highest BCUT2D eigenvalue weighted by molar-refractivity contribution is 5.92. The van der Waals surface area contributed by atoms with E-state index in [1.807, 2.05) is 0 Å². The Balaban J connectivity index is 1.82. The third kappa shape index (κ3) is 3.94. The van der Waals surface area contributed by atoms with E-state index in [-0.39, 0.29) is 17.5 Å². The first kappa shape index (κ1) is 24.7. The normalized spacial score (nSPS) is 24.9. The minimum absolute atomic E-state index is 0.170. The van der Waals surface area contributed by atoms with Crippen LogP contribution in [0.3, 0.4) is 0 Å². The second-order valence-corrected chi connectivity index (χ2v) is 8.38. The fourth-order valence-electron chi connectivity index (χ4n) is 4.72. The zero-order valence-electron chi connectivity index (χ0n) is 18.3. The van der Waals surface area contributed by atoms with Gasteiger partial charge in [-0.3, -0.25) is 9.59 Å². The van der Waals surface area contributed by atoms with Gasteiger partial charge in [-0.05, 0) is 35.4 Å². The lowest BCUT2D eigenvalue weighted by atomic mass is 9.78. The van der Waals surface area contributed by atoms with E-state index in [1.54, 1.807) is 0 Å². The fourth-order valence-corrected chi connectivity index (χ4v) is 4.72. The van der Waals surface area contributed by atoms with Gasteiger partial charge in [-0.1, -0.05) is 24.3 Å². The summed E-state index contributed by atoms with van der Waals surface area (Å²) in [6.45, 7) is 0. The molecule has 0 saturated heterocycles. The zero-order chi connectivity index (χ0) is 25.8. The van der Waals surface area contributed by atoms with Gasteiger partial charge in [-0.25, -0.2) is 0 Å². The first-order valence-corrected chi connectivity index (χ1v) is 10.3. The molecular weight excluding hydrogens is 482 g/mol. The predicted octanol–water partition coefficient (Wildman–Crippen LogP) is 5.15. The Kier molecular flexibility index (Phi) is 5.68. The Morgan fingerprint density at radius 2 is 1.11 bits per heavy atom. The Morgan fingerprint density at radius 3 is 1.43 bits per heavy atom. The number of carbonyl (C=O) groups is 2. The molecule has 2 aromatic carbocycles. The number of hydrogen-bond donors (Lipinski definition) is 0. The van der Waals surface area contributed by atoms with E-state index < -0.39 is 58.3 Å². The van der Waals surface area contributed by atoms with Crippen LogP contribution in [0.4, 0.5) is 26.3 Å². The fraction of sp³-hybridized carbons (Fsp3) is 0.391. The van der Waals surface area contributed by atoms with Crippen molar-refractivity contribution in [3.63, 3.8) is 0 Å². The number of rotatable bonds is 4. The maximum atomic E-state index is 13.1. The molecule has 1 fully saturated rings. The van der Waals surface area contributed by atoms with Crippen molar-refractivity contribution in [2.75, 3.05) is 14.2 Å². The number of hydrogen-bond acceptors (Lipinski definition) is 6. The van der Waals surface area contributed by atoms with Crippen LogP contribution in [0.2, 0.25) is 0 Å². The summed E-state index contributed by atoms with van der Waals surface area (Å²) < 4.78 is 88.2. The van der Waals surface area contributed by atoms with Crippen molar-refractivity contribution in [3.8, 4) is 0 Å². The highest BCUT2D eigenvalue weighted by Crippen LogP contribution is 2.65. The van der Waals surface area contributed by atoms with Crippen LogP contribution >= 0.6 is 0 Å². The average molecular weight is 500 g/mol. The summed E-state index contributed by atoms with van der Waals surface area (Å²) in [4.78, 5) is 24.8. The summed E-state index contributed by atoms with van der Waals surface area (Å²) in [6.07, 6.45) is -9.39. The highest BCUT2D eigenvalue weighted by Gasteiger charge is 2.78. The van der Waals surface area contributed by atoms with Gasteiger partial charge in [0.15, 0.2) is 0 Å². The molecule has 1 spiro atoms. The van der Waals surface area contributed by atoms with Crippen LogP contribution in [0.15, 0.2) is 58.8 Å². The highest BCUT2D eigenvalue weighted by atomic mass is 19.4. The molecule has 0 bridgehead atoms. The molecule has 4 rings (SSSR count). The molecule has 2 atom stereocenters. The lowest BCUT2D eigenvalue weighted by Gasteiger charge is -2.27. The molecule has 1 aliphatic heterocycles. The van der Waals surface area contributed by atoms with Crippen molar-refractivity contribution < 1.29 is 45.4 Å². The molecule has 12 heteroatoms. The summed E-state index contributed by atoms with van der Waals surface area (Å²) in [5.74, 6) is -3.63. The molecule has 0 aromatic heterocycles. The van der Waals surface area contributed by atoms with Crippen LogP contribution in [-0.4, -0.2) is 31.7 Å². The van der Waals surface area contributed by atoms with Crippen LogP contribution in [0.1, 0.15) is 28.7 Å². The lowest BCUT2D eigenvalue weighted by Crippen LogP contribution is -2.28. The van der Waals surface area contributed by atoms with Crippen molar-refractivity contribution in [3.05, 3.63) is 70.8 Å². The minimum atomic E-state index is -4.61. The van der Waals surface area contributed by atoms with Crippen molar-refractivity contribution in [1.29, 1.82) is 0 Å². The molecule has 6 nitrogen and oxygen atoms in total. The second-order valence-electron chi connectivity index (χ2n) is 8.38. The van der Waals surface area contributed by atoms with Crippen molar-refractivity contribution in [2.45, 2.75) is 29.9 Å². The number of azo groups is 1. The van der Waals surface area contributed by atoms with Gasteiger partial charge in [0.2, 0.25) is 0 Å². The van der Waals surface area contributed by atoms with Crippen LogP contribution in [-0.2, 0) is 37.0 Å². The van der Waals surface area contributed by atoms with Gasteiger partial charge < -0.3 is 9.47 Å². The van der Waals surface area contributed by atoms with E-state index in [9.17, 15) is 35.9 Å². The molecule has 1 aliphatic carbocycles. The molecule has 0 N–H and O–H groups in total. The second kappa shape index (κ2) is 8.06. The first-order chi connectivity index (χ1) is 16.3. The Morgan fingerprint density at radius 1 is 0.743 bits per heavy atom. The third-order valence-electron chi connectivity index (χ3n) is 6.54. The molecule has 2 aromatic rings. The molecule has 0 radical (unpaired) electrons. The lowest BCUT2D eigenvalue weighted by molar-refractivity contribution is -0.148. The van der Waals surface area contributed by atoms with Crippen molar-refractivity contribution in [2.24, 2.45) is 22.1 Å². The van der Waals surface area contributed by atoms with Crippen molar-refractivity contribution >= 4 is 11.9 Å². The van der Waals surface area contributed by atoms with Crippen molar-refractivity contribution in [1.82, 2.24) is 0 Å². The number of esters is 2. The number of benzene rings is 2. The maximum absolute atomic E-state index is 13.1. The molecular formula is C23H18F6N2O4. The van der Waals surface area contributed by atoms with E-state index >= 15 is 0 Å². The quantitative estimate of drug-likeness (QED) is 0.430. The minimum Gasteiger partial charge on any atom is -0.469 e. The zero-order valence-corrected chi connectivity index (χ0v) is 18.3.